The number of carboxylic acid groups (broad SMARTS) is 1. The molecule has 1 aromatic carbocycles. The van der Waals surface area contributed by atoms with E-state index in [2.05, 4.69) is 31.2 Å². The van der Waals surface area contributed by atoms with E-state index < -0.39 is 5.97 Å². The standard InChI is InChI=1S/C13H12BrN3O2/c1-7-3-4-9(14)5-11(7)17-13-15-6-10(12(18)19)8(2)16-13/h3-6H,1-2H3,(H,18,19)(H,15,16,17). The van der Waals surface area contributed by atoms with Gasteiger partial charge >= 0.3 is 5.97 Å². The molecule has 5 nitrogen and oxygen atoms in total. The van der Waals surface area contributed by atoms with Crippen molar-refractivity contribution in [3.63, 3.8) is 0 Å². The van der Waals surface area contributed by atoms with E-state index in [4.69, 9.17) is 5.11 Å². The van der Waals surface area contributed by atoms with Crippen molar-refractivity contribution >= 4 is 33.5 Å². The Labute approximate surface area is 118 Å². The van der Waals surface area contributed by atoms with Crippen LogP contribution in [0.25, 0.3) is 0 Å². The molecular weight excluding hydrogens is 310 g/mol. The van der Waals surface area contributed by atoms with Crippen LogP contribution in [0.3, 0.4) is 0 Å². The summed E-state index contributed by atoms with van der Waals surface area (Å²) in [6.07, 6.45) is 1.31. The molecule has 0 spiro atoms. The predicted molar refractivity (Wildman–Crippen MR) is 75.9 cm³/mol. The van der Waals surface area contributed by atoms with Gasteiger partial charge < -0.3 is 10.4 Å². The molecule has 98 valence electrons. The predicted octanol–water partition coefficient (Wildman–Crippen LogP) is 3.30. The second-order valence-corrected chi connectivity index (χ2v) is 5.00. The zero-order chi connectivity index (χ0) is 14.0. The Balaban J connectivity index is 2.31. The molecule has 0 aliphatic carbocycles. The van der Waals surface area contributed by atoms with Crippen LogP contribution >= 0.6 is 15.9 Å². The van der Waals surface area contributed by atoms with E-state index in [0.717, 1.165) is 15.7 Å². The maximum Gasteiger partial charge on any atom is 0.339 e. The van der Waals surface area contributed by atoms with Crippen LogP contribution < -0.4 is 5.32 Å². The molecule has 0 bridgehead atoms. The molecule has 0 aliphatic rings. The topological polar surface area (TPSA) is 75.1 Å². The minimum absolute atomic E-state index is 0.108. The van der Waals surface area contributed by atoms with Crippen LogP contribution in [-0.4, -0.2) is 21.0 Å². The highest BCUT2D eigenvalue weighted by atomic mass is 79.9. The van der Waals surface area contributed by atoms with Crippen molar-refractivity contribution in [1.29, 1.82) is 0 Å². The second-order valence-electron chi connectivity index (χ2n) is 4.08. The van der Waals surface area contributed by atoms with Gasteiger partial charge in [0.05, 0.1) is 11.3 Å². The van der Waals surface area contributed by atoms with E-state index in [1.54, 1.807) is 6.92 Å². The third-order valence-corrected chi connectivity index (χ3v) is 3.15. The van der Waals surface area contributed by atoms with Crippen LogP contribution in [-0.2, 0) is 0 Å². The molecule has 0 fully saturated rings. The molecule has 0 saturated heterocycles. The summed E-state index contributed by atoms with van der Waals surface area (Å²) >= 11 is 3.40. The number of rotatable bonds is 3. The Hall–Kier alpha value is -1.95. The number of anilines is 2. The van der Waals surface area contributed by atoms with Crippen molar-refractivity contribution in [3.8, 4) is 0 Å². The summed E-state index contributed by atoms with van der Waals surface area (Å²) in [5.74, 6) is -0.647. The number of carbonyl (C=O) groups is 1. The molecular formula is C13H12BrN3O2. The van der Waals surface area contributed by atoms with Gasteiger partial charge in [0.1, 0.15) is 0 Å². The first kappa shape index (κ1) is 13.5. The lowest BCUT2D eigenvalue weighted by molar-refractivity contribution is 0.0695. The molecule has 2 rings (SSSR count). The number of hydrogen-bond donors (Lipinski definition) is 2. The van der Waals surface area contributed by atoms with Gasteiger partial charge in [-0.05, 0) is 31.5 Å². The minimum Gasteiger partial charge on any atom is -0.478 e. The van der Waals surface area contributed by atoms with Gasteiger partial charge in [-0.15, -0.1) is 0 Å². The van der Waals surface area contributed by atoms with E-state index in [0.29, 0.717) is 11.6 Å². The molecule has 6 heteroatoms. The Morgan fingerprint density at radius 1 is 1.37 bits per heavy atom. The van der Waals surface area contributed by atoms with E-state index in [-0.39, 0.29) is 5.56 Å². The van der Waals surface area contributed by atoms with Crippen LogP contribution in [0.15, 0.2) is 28.9 Å². The van der Waals surface area contributed by atoms with Crippen LogP contribution in [0.1, 0.15) is 21.6 Å². The monoisotopic (exact) mass is 321 g/mol. The number of nitrogens with one attached hydrogen (secondary N) is 1. The van der Waals surface area contributed by atoms with Gasteiger partial charge in [0.2, 0.25) is 5.95 Å². The molecule has 0 atom stereocenters. The number of carboxylic acids is 1. The molecule has 1 heterocycles. The molecule has 19 heavy (non-hydrogen) atoms. The highest BCUT2D eigenvalue weighted by molar-refractivity contribution is 9.10. The second kappa shape index (κ2) is 5.36. The molecule has 0 saturated carbocycles. The minimum atomic E-state index is -1.03. The lowest BCUT2D eigenvalue weighted by atomic mass is 10.2. The highest BCUT2D eigenvalue weighted by Gasteiger charge is 2.10. The van der Waals surface area contributed by atoms with Gasteiger partial charge in [-0.3, -0.25) is 0 Å². The van der Waals surface area contributed by atoms with Crippen molar-refractivity contribution in [1.82, 2.24) is 9.97 Å². The summed E-state index contributed by atoms with van der Waals surface area (Å²) < 4.78 is 0.944. The van der Waals surface area contributed by atoms with Crippen molar-refractivity contribution in [2.24, 2.45) is 0 Å². The first-order chi connectivity index (χ1) is 8.97. The van der Waals surface area contributed by atoms with Crippen molar-refractivity contribution in [2.75, 3.05) is 5.32 Å². The van der Waals surface area contributed by atoms with Gasteiger partial charge in [0, 0.05) is 16.4 Å². The Kier molecular flexibility index (Phi) is 3.80. The number of nitrogens with zero attached hydrogens (tertiary/aromatic N) is 2. The van der Waals surface area contributed by atoms with Crippen LogP contribution in [0.5, 0.6) is 0 Å². The maximum atomic E-state index is 10.9. The van der Waals surface area contributed by atoms with E-state index in [9.17, 15) is 4.79 Å². The van der Waals surface area contributed by atoms with Gasteiger partial charge in [0.25, 0.3) is 0 Å². The van der Waals surface area contributed by atoms with E-state index in [1.165, 1.54) is 6.20 Å². The molecule has 0 aliphatic heterocycles. The molecule has 0 amide bonds. The number of aryl methyl sites for hydroxylation is 2. The first-order valence-corrected chi connectivity index (χ1v) is 6.37. The normalized spacial score (nSPS) is 10.3. The van der Waals surface area contributed by atoms with E-state index in [1.807, 2.05) is 25.1 Å². The van der Waals surface area contributed by atoms with Gasteiger partial charge in [-0.1, -0.05) is 22.0 Å². The Morgan fingerprint density at radius 2 is 2.11 bits per heavy atom. The van der Waals surface area contributed by atoms with Crippen molar-refractivity contribution in [3.05, 3.63) is 45.7 Å². The zero-order valence-corrected chi connectivity index (χ0v) is 12.0. The highest BCUT2D eigenvalue weighted by Crippen LogP contribution is 2.23. The smallest absolute Gasteiger partial charge is 0.339 e. The average molecular weight is 322 g/mol. The maximum absolute atomic E-state index is 10.9. The lowest BCUT2D eigenvalue weighted by Gasteiger charge is -2.09. The molecule has 2 N–H and O–H groups in total. The molecule has 2 aromatic rings. The number of aromatic carboxylic acids is 1. The van der Waals surface area contributed by atoms with Crippen LogP contribution in [0.4, 0.5) is 11.6 Å². The largest absolute Gasteiger partial charge is 0.478 e. The molecule has 0 radical (unpaired) electrons. The SMILES string of the molecule is Cc1ccc(Br)cc1Nc1ncc(C(=O)O)c(C)n1. The number of aromatic nitrogens is 2. The quantitative estimate of drug-likeness (QED) is 0.907. The van der Waals surface area contributed by atoms with E-state index >= 15 is 0 Å². The van der Waals surface area contributed by atoms with Gasteiger partial charge in [-0.25, -0.2) is 14.8 Å². The lowest BCUT2D eigenvalue weighted by Crippen LogP contribution is -2.06. The number of halogens is 1. The molecule has 0 unspecified atom stereocenters. The fraction of sp³-hybridized carbons (Fsp3) is 0.154. The number of benzene rings is 1. The van der Waals surface area contributed by atoms with Crippen LogP contribution in [0.2, 0.25) is 0 Å². The summed E-state index contributed by atoms with van der Waals surface area (Å²) in [5.41, 5.74) is 2.46. The van der Waals surface area contributed by atoms with Crippen molar-refractivity contribution < 1.29 is 9.90 Å². The third-order valence-electron chi connectivity index (χ3n) is 2.66. The summed E-state index contributed by atoms with van der Waals surface area (Å²) in [4.78, 5) is 19.0. The van der Waals surface area contributed by atoms with Gasteiger partial charge in [-0.2, -0.15) is 0 Å². The summed E-state index contributed by atoms with van der Waals surface area (Å²) in [6, 6.07) is 5.82. The Morgan fingerprint density at radius 3 is 2.74 bits per heavy atom. The summed E-state index contributed by atoms with van der Waals surface area (Å²) in [6.45, 7) is 3.61. The fourth-order valence-electron chi connectivity index (χ4n) is 1.59. The van der Waals surface area contributed by atoms with Crippen LogP contribution in [0, 0.1) is 13.8 Å². The third kappa shape index (κ3) is 3.08. The van der Waals surface area contributed by atoms with Crippen molar-refractivity contribution in [2.45, 2.75) is 13.8 Å². The Bertz CT molecular complexity index is 644. The fourth-order valence-corrected chi connectivity index (χ4v) is 1.95. The average Bonchev–Trinajstić information content (AvgIpc) is 2.33. The summed E-state index contributed by atoms with van der Waals surface area (Å²) in [5, 5.41) is 12.0. The summed E-state index contributed by atoms with van der Waals surface area (Å²) in [7, 11) is 0. The molecule has 1 aromatic heterocycles. The van der Waals surface area contributed by atoms with Gasteiger partial charge in [0.15, 0.2) is 0 Å². The first-order valence-electron chi connectivity index (χ1n) is 5.57. The number of hydrogen-bond acceptors (Lipinski definition) is 4. The zero-order valence-electron chi connectivity index (χ0n) is 10.4.